The van der Waals surface area contributed by atoms with Crippen LogP contribution in [0.25, 0.3) is 11.3 Å². The summed E-state index contributed by atoms with van der Waals surface area (Å²) in [7, 11) is 1.77. The Morgan fingerprint density at radius 2 is 2.13 bits per heavy atom. The molecule has 0 aromatic carbocycles. The zero-order valence-electron chi connectivity index (χ0n) is 8.21. The first kappa shape index (κ1) is 9.39. The maximum absolute atomic E-state index is 10.3. The number of aromatic nitrogens is 3. The van der Waals surface area contributed by atoms with Gasteiger partial charge in [0.2, 0.25) is 6.41 Å². The number of carbonyl (C=O) groups is 1. The lowest BCUT2D eigenvalue weighted by Gasteiger charge is -1.95. The number of hydrogen-bond acceptors (Lipinski definition) is 3. The Kier molecular flexibility index (Phi) is 2.45. The Morgan fingerprint density at radius 1 is 1.40 bits per heavy atom. The molecule has 2 aromatic heterocycles. The van der Waals surface area contributed by atoms with Gasteiger partial charge in [-0.25, -0.2) is 0 Å². The van der Waals surface area contributed by atoms with E-state index in [9.17, 15) is 4.79 Å². The third-order valence-corrected chi connectivity index (χ3v) is 2.06. The van der Waals surface area contributed by atoms with Crippen molar-refractivity contribution in [3.63, 3.8) is 0 Å². The Bertz CT molecular complexity index is 464. The Balaban J connectivity index is 2.38. The fourth-order valence-corrected chi connectivity index (χ4v) is 1.33. The molecule has 0 unspecified atom stereocenters. The number of nitrogens with zero attached hydrogens (tertiary/aromatic N) is 3. The fraction of sp³-hybridized carbons (Fsp3) is 0.100. The Hall–Kier alpha value is -2.17. The molecule has 5 heteroatoms. The first-order chi connectivity index (χ1) is 7.31. The predicted molar refractivity (Wildman–Crippen MR) is 56.1 cm³/mol. The second-order valence-corrected chi connectivity index (χ2v) is 3.04. The molecule has 0 fully saturated rings. The van der Waals surface area contributed by atoms with Crippen LogP contribution in [-0.2, 0) is 11.8 Å². The maximum atomic E-state index is 10.3. The summed E-state index contributed by atoms with van der Waals surface area (Å²) in [6, 6.07) is 5.55. The van der Waals surface area contributed by atoms with Gasteiger partial charge in [0, 0.05) is 31.1 Å². The van der Waals surface area contributed by atoms with E-state index in [1.807, 2.05) is 18.2 Å². The van der Waals surface area contributed by atoms with E-state index >= 15 is 0 Å². The Labute approximate surface area is 86.8 Å². The second kappa shape index (κ2) is 3.91. The summed E-state index contributed by atoms with van der Waals surface area (Å²) in [6.45, 7) is 0. The molecule has 2 heterocycles. The molecule has 5 nitrogen and oxygen atoms in total. The average molecular weight is 202 g/mol. The molecule has 0 atom stereocenters. The number of aryl methyl sites for hydroxylation is 1. The van der Waals surface area contributed by atoms with Gasteiger partial charge >= 0.3 is 0 Å². The number of amides is 1. The monoisotopic (exact) mass is 202 g/mol. The van der Waals surface area contributed by atoms with Crippen molar-refractivity contribution in [1.82, 2.24) is 14.8 Å². The summed E-state index contributed by atoms with van der Waals surface area (Å²) in [5.74, 6) is 0.664. The molecule has 0 spiro atoms. The normalized spacial score (nSPS) is 9.93. The van der Waals surface area contributed by atoms with E-state index in [0.29, 0.717) is 12.2 Å². The number of anilines is 1. The molecular weight excluding hydrogens is 192 g/mol. The third-order valence-electron chi connectivity index (χ3n) is 2.06. The molecule has 1 amide bonds. The van der Waals surface area contributed by atoms with Gasteiger partial charge in [0.15, 0.2) is 0 Å². The molecule has 0 aliphatic carbocycles. The van der Waals surface area contributed by atoms with Crippen LogP contribution in [0.15, 0.2) is 30.6 Å². The highest BCUT2D eigenvalue weighted by atomic mass is 16.1. The highest BCUT2D eigenvalue weighted by molar-refractivity contribution is 5.72. The summed E-state index contributed by atoms with van der Waals surface area (Å²) >= 11 is 0. The molecule has 1 N–H and O–H groups in total. The van der Waals surface area contributed by atoms with Gasteiger partial charge in [0.1, 0.15) is 5.82 Å². The van der Waals surface area contributed by atoms with Crippen molar-refractivity contribution in [3.8, 4) is 11.3 Å². The summed E-state index contributed by atoms with van der Waals surface area (Å²) in [4.78, 5) is 14.2. The number of hydrogen-bond donors (Lipinski definition) is 1. The SMILES string of the molecule is Cn1nc(-c2ccncc2)cc1NC=O. The number of rotatable bonds is 3. The molecule has 2 aromatic rings. The lowest BCUT2D eigenvalue weighted by atomic mass is 10.2. The zero-order valence-corrected chi connectivity index (χ0v) is 8.21. The molecule has 0 aliphatic heterocycles. The van der Waals surface area contributed by atoms with Gasteiger partial charge in [0.25, 0.3) is 0 Å². The van der Waals surface area contributed by atoms with Gasteiger partial charge in [0.05, 0.1) is 5.69 Å². The summed E-state index contributed by atoms with van der Waals surface area (Å²) in [5.41, 5.74) is 1.78. The van der Waals surface area contributed by atoms with Crippen molar-refractivity contribution in [3.05, 3.63) is 30.6 Å². The van der Waals surface area contributed by atoms with E-state index in [1.54, 1.807) is 24.1 Å². The van der Waals surface area contributed by atoms with Crippen molar-refractivity contribution < 1.29 is 4.79 Å². The molecule has 0 saturated carbocycles. The average Bonchev–Trinajstić information content (AvgIpc) is 2.63. The fourth-order valence-electron chi connectivity index (χ4n) is 1.33. The van der Waals surface area contributed by atoms with E-state index < -0.39 is 0 Å². The minimum atomic E-state index is 0.632. The Morgan fingerprint density at radius 3 is 2.80 bits per heavy atom. The smallest absolute Gasteiger partial charge is 0.212 e. The van der Waals surface area contributed by atoms with Gasteiger partial charge < -0.3 is 5.32 Å². The van der Waals surface area contributed by atoms with Gasteiger partial charge in [-0.3, -0.25) is 14.5 Å². The van der Waals surface area contributed by atoms with Crippen LogP contribution in [0, 0.1) is 0 Å². The van der Waals surface area contributed by atoms with Crippen molar-refractivity contribution in [2.45, 2.75) is 0 Å². The van der Waals surface area contributed by atoms with E-state index in [-0.39, 0.29) is 0 Å². The predicted octanol–water partition coefficient (Wildman–Crippen LogP) is 1.05. The topological polar surface area (TPSA) is 59.8 Å². The minimum absolute atomic E-state index is 0.632. The first-order valence-corrected chi connectivity index (χ1v) is 4.46. The van der Waals surface area contributed by atoms with Gasteiger partial charge in [-0.05, 0) is 12.1 Å². The molecule has 0 saturated heterocycles. The van der Waals surface area contributed by atoms with Crippen LogP contribution in [0.1, 0.15) is 0 Å². The molecule has 0 bridgehead atoms. The molecule has 76 valence electrons. The number of pyridine rings is 1. The molecule has 0 aliphatic rings. The summed E-state index contributed by atoms with van der Waals surface area (Å²) in [6.07, 6.45) is 4.04. The van der Waals surface area contributed by atoms with Gasteiger partial charge in [-0.15, -0.1) is 0 Å². The lowest BCUT2D eigenvalue weighted by Crippen LogP contribution is -2.01. The van der Waals surface area contributed by atoms with E-state index in [2.05, 4.69) is 15.4 Å². The third kappa shape index (κ3) is 1.85. The molecular formula is C10H10N4O. The highest BCUT2D eigenvalue weighted by Gasteiger charge is 2.05. The van der Waals surface area contributed by atoms with Crippen molar-refractivity contribution in [2.75, 3.05) is 5.32 Å². The van der Waals surface area contributed by atoms with Gasteiger partial charge in [-0.1, -0.05) is 0 Å². The second-order valence-electron chi connectivity index (χ2n) is 3.04. The maximum Gasteiger partial charge on any atom is 0.212 e. The van der Waals surface area contributed by atoms with Crippen LogP contribution in [-0.4, -0.2) is 21.2 Å². The quantitative estimate of drug-likeness (QED) is 0.757. The minimum Gasteiger partial charge on any atom is -0.314 e. The first-order valence-electron chi connectivity index (χ1n) is 4.46. The van der Waals surface area contributed by atoms with E-state index in [4.69, 9.17) is 0 Å². The van der Waals surface area contributed by atoms with Crippen LogP contribution in [0.4, 0.5) is 5.82 Å². The highest BCUT2D eigenvalue weighted by Crippen LogP contribution is 2.19. The largest absolute Gasteiger partial charge is 0.314 e. The standard InChI is InChI=1S/C10H10N4O/c1-14-10(12-7-15)6-9(13-14)8-2-4-11-5-3-8/h2-7H,1H3,(H,12,15). The number of carbonyl (C=O) groups excluding carboxylic acids is 1. The summed E-state index contributed by atoms with van der Waals surface area (Å²) < 4.78 is 1.62. The molecule has 0 radical (unpaired) electrons. The van der Waals surface area contributed by atoms with E-state index in [1.165, 1.54) is 0 Å². The van der Waals surface area contributed by atoms with E-state index in [0.717, 1.165) is 11.3 Å². The van der Waals surface area contributed by atoms with Crippen molar-refractivity contribution in [1.29, 1.82) is 0 Å². The van der Waals surface area contributed by atoms with Crippen molar-refractivity contribution >= 4 is 12.2 Å². The zero-order chi connectivity index (χ0) is 10.7. The van der Waals surface area contributed by atoms with Crippen LogP contribution in [0.5, 0.6) is 0 Å². The van der Waals surface area contributed by atoms with Crippen LogP contribution < -0.4 is 5.32 Å². The summed E-state index contributed by atoms with van der Waals surface area (Å²) in [5, 5.41) is 6.84. The van der Waals surface area contributed by atoms with Crippen molar-refractivity contribution in [2.24, 2.45) is 7.05 Å². The van der Waals surface area contributed by atoms with Crippen LogP contribution >= 0.6 is 0 Å². The molecule has 15 heavy (non-hydrogen) atoms. The van der Waals surface area contributed by atoms with Crippen LogP contribution in [0.3, 0.4) is 0 Å². The number of nitrogens with one attached hydrogen (secondary N) is 1. The lowest BCUT2D eigenvalue weighted by molar-refractivity contribution is -0.105. The van der Waals surface area contributed by atoms with Gasteiger partial charge in [-0.2, -0.15) is 5.10 Å². The molecule has 2 rings (SSSR count). The van der Waals surface area contributed by atoms with Crippen LogP contribution in [0.2, 0.25) is 0 Å².